The Kier molecular flexibility index (Phi) is 6.73. The maximum atomic E-state index is 12.5. The molecule has 0 aliphatic heterocycles. The molecule has 30 heavy (non-hydrogen) atoms. The second kappa shape index (κ2) is 9.10. The second-order valence-electron chi connectivity index (χ2n) is 7.37. The van der Waals surface area contributed by atoms with Crippen molar-refractivity contribution in [1.82, 2.24) is 4.98 Å². The summed E-state index contributed by atoms with van der Waals surface area (Å²) >= 11 is 2.84. The van der Waals surface area contributed by atoms with Gasteiger partial charge in [-0.1, -0.05) is 24.6 Å². The number of ether oxygens (including phenoxy) is 1. The van der Waals surface area contributed by atoms with Gasteiger partial charge in [-0.15, -0.1) is 22.7 Å². The zero-order chi connectivity index (χ0) is 22.0. The number of carbonyl (C=O) groups is 2. The summed E-state index contributed by atoms with van der Waals surface area (Å²) in [5, 5.41) is 2.40. The van der Waals surface area contributed by atoms with Crippen molar-refractivity contribution < 1.29 is 14.3 Å². The van der Waals surface area contributed by atoms with Crippen LogP contribution in [0, 0.1) is 27.7 Å². The summed E-state index contributed by atoms with van der Waals surface area (Å²) in [5.74, 6) is -0.449. The standard InChI is InChI=1S/C23H26N2O3S2/c1-7-19-14(3)10-20(30-19)22(27)28-11-18-12-29-23(24-18)25(17(6)26)21-15(4)8-13(2)9-16(21)5/h8-10,12H,7,11H2,1-6H3. The minimum atomic E-state index is -0.342. The predicted octanol–water partition coefficient (Wildman–Crippen LogP) is 6.04. The topological polar surface area (TPSA) is 59.5 Å². The summed E-state index contributed by atoms with van der Waals surface area (Å²) in [6.07, 6.45) is 0.901. The van der Waals surface area contributed by atoms with E-state index in [0.717, 1.165) is 34.4 Å². The van der Waals surface area contributed by atoms with E-state index in [4.69, 9.17) is 4.74 Å². The molecule has 0 N–H and O–H groups in total. The monoisotopic (exact) mass is 442 g/mol. The van der Waals surface area contributed by atoms with Gasteiger partial charge in [0.1, 0.15) is 11.5 Å². The van der Waals surface area contributed by atoms with E-state index in [1.54, 1.807) is 4.90 Å². The Labute approximate surface area is 185 Å². The van der Waals surface area contributed by atoms with Crippen LogP contribution >= 0.6 is 22.7 Å². The van der Waals surface area contributed by atoms with Crippen molar-refractivity contribution in [3.05, 3.63) is 61.3 Å². The number of esters is 1. The molecular weight excluding hydrogens is 416 g/mol. The molecule has 0 bridgehead atoms. The second-order valence-corrected chi connectivity index (χ2v) is 9.34. The van der Waals surface area contributed by atoms with Crippen molar-refractivity contribution in [2.75, 3.05) is 4.90 Å². The molecule has 0 radical (unpaired) electrons. The highest BCUT2D eigenvalue weighted by Crippen LogP contribution is 2.34. The summed E-state index contributed by atoms with van der Waals surface area (Å²) in [4.78, 5) is 32.9. The van der Waals surface area contributed by atoms with Gasteiger partial charge in [-0.05, 0) is 56.9 Å². The molecule has 3 aromatic rings. The molecule has 0 saturated carbocycles. The van der Waals surface area contributed by atoms with Crippen LogP contribution in [0.2, 0.25) is 0 Å². The summed E-state index contributed by atoms with van der Waals surface area (Å²) in [7, 11) is 0. The lowest BCUT2D eigenvalue weighted by Gasteiger charge is -2.23. The van der Waals surface area contributed by atoms with Crippen LogP contribution in [-0.2, 0) is 22.6 Å². The van der Waals surface area contributed by atoms with Gasteiger partial charge in [0.25, 0.3) is 0 Å². The molecule has 1 aromatic carbocycles. The Morgan fingerprint density at radius 1 is 1.07 bits per heavy atom. The molecule has 7 heteroatoms. The van der Waals surface area contributed by atoms with Crippen LogP contribution in [0.5, 0.6) is 0 Å². The minimum absolute atomic E-state index is 0.0747. The summed E-state index contributed by atoms with van der Waals surface area (Å²) < 4.78 is 5.46. The van der Waals surface area contributed by atoms with E-state index in [2.05, 4.69) is 24.0 Å². The van der Waals surface area contributed by atoms with Gasteiger partial charge in [0, 0.05) is 17.2 Å². The molecule has 1 amide bonds. The quantitative estimate of drug-likeness (QED) is 0.437. The zero-order valence-corrected chi connectivity index (χ0v) is 19.8. The van der Waals surface area contributed by atoms with Gasteiger partial charge >= 0.3 is 5.97 Å². The highest BCUT2D eigenvalue weighted by atomic mass is 32.1. The van der Waals surface area contributed by atoms with Crippen LogP contribution in [-0.4, -0.2) is 16.9 Å². The lowest BCUT2D eigenvalue weighted by Crippen LogP contribution is -2.24. The first-order chi connectivity index (χ1) is 14.2. The van der Waals surface area contributed by atoms with E-state index >= 15 is 0 Å². The molecule has 0 fully saturated rings. The maximum Gasteiger partial charge on any atom is 0.348 e. The Morgan fingerprint density at radius 3 is 2.30 bits per heavy atom. The lowest BCUT2D eigenvalue weighted by molar-refractivity contribution is -0.115. The molecule has 5 nitrogen and oxygen atoms in total. The number of hydrogen-bond donors (Lipinski definition) is 0. The molecule has 0 aliphatic carbocycles. The summed E-state index contributed by atoms with van der Waals surface area (Å²) in [6.45, 7) is 11.7. The number of anilines is 2. The van der Waals surface area contributed by atoms with Crippen LogP contribution in [0.3, 0.4) is 0 Å². The fraction of sp³-hybridized carbons (Fsp3) is 0.348. The molecule has 0 atom stereocenters. The third-order valence-electron chi connectivity index (χ3n) is 4.80. The van der Waals surface area contributed by atoms with Gasteiger partial charge in [0.05, 0.1) is 11.4 Å². The van der Waals surface area contributed by atoms with Crippen molar-refractivity contribution in [1.29, 1.82) is 0 Å². The van der Waals surface area contributed by atoms with Gasteiger partial charge in [-0.2, -0.15) is 0 Å². The number of amides is 1. The van der Waals surface area contributed by atoms with Gasteiger partial charge in [0.15, 0.2) is 5.13 Å². The van der Waals surface area contributed by atoms with E-state index in [9.17, 15) is 9.59 Å². The SMILES string of the molecule is CCc1sc(C(=O)OCc2csc(N(C(C)=O)c3c(C)cc(C)cc3C)n2)cc1C. The number of aromatic nitrogens is 1. The van der Waals surface area contributed by atoms with Gasteiger partial charge in [-0.25, -0.2) is 9.78 Å². The van der Waals surface area contributed by atoms with E-state index in [0.29, 0.717) is 15.7 Å². The Bertz CT molecular complexity index is 1070. The number of hydrogen-bond acceptors (Lipinski definition) is 6. The lowest BCUT2D eigenvalue weighted by atomic mass is 10.0. The van der Waals surface area contributed by atoms with Gasteiger partial charge < -0.3 is 4.74 Å². The van der Waals surface area contributed by atoms with E-state index in [1.165, 1.54) is 34.5 Å². The number of aryl methyl sites for hydroxylation is 5. The number of rotatable bonds is 6. The average molecular weight is 443 g/mol. The van der Waals surface area contributed by atoms with Gasteiger partial charge in [0.2, 0.25) is 5.91 Å². The Morgan fingerprint density at radius 2 is 1.73 bits per heavy atom. The van der Waals surface area contributed by atoms with E-state index in [-0.39, 0.29) is 18.5 Å². The molecule has 0 saturated heterocycles. The predicted molar refractivity (Wildman–Crippen MR) is 123 cm³/mol. The molecule has 0 spiro atoms. The largest absolute Gasteiger partial charge is 0.455 e. The Hall–Kier alpha value is -2.51. The zero-order valence-electron chi connectivity index (χ0n) is 18.2. The molecule has 0 aliphatic rings. The summed E-state index contributed by atoms with van der Waals surface area (Å²) in [6, 6.07) is 5.99. The smallest absolute Gasteiger partial charge is 0.348 e. The van der Waals surface area contributed by atoms with Crippen molar-refractivity contribution >= 4 is 45.4 Å². The number of thiazole rings is 1. The molecule has 0 unspecified atom stereocenters. The summed E-state index contributed by atoms with van der Waals surface area (Å²) in [5.41, 5.74) is 5.79. The molecule has 2 aromatic heterocycles. The maximum absolute atomic E-state index is 12.5. The van der Waals surface area contributed by atoms with Crippen LogP contribution in [0.15, 0.2) is 23.6 Å². The number of benzene rings is 1. The number of thiophene rings is 1. The Balaban J connectivity index is 1.78. The number of carbonyl (C=O) groups excluding carboxylic acids is 2. The van der Waals surface area contributed by atoms with Crippen molar-refractivity contribution in [3.63, 3.8) is 0 Å². The highest BCUT2D eigenvalue weighted by molar-refractivity contribution is 7.14. The average Bonchev–Trinajstić information content (AvgIpc) is 3.28. The third-order valence-corrected chi connectivity index (χ3v) is 7.03. The van der Waals surface area contributed by atoms with Crippen LogP contribution in [0.4, 0.5) is 10.8 Å². The molecule has 2 heterocycles. The van der Waals surface area contributed by atoms with Crippen molar-refractivity contribution in [2.24, 2.45) is 0 Å². The molecule has 3 rings (SSSR count). The third kappa shape index (κ3) is 4.63. The van der Waals surface area contributed by atoms with Crippen LogP contribution in [0.1, 0.15) is 56.3 Å². The van der Waals surface area contributed by atoms with Crippen molar-refractivity contribution in [3.8, 4) is 0 Å². The van der Waals surface area contributed by atoms with E-state index < -0.39 is 0 Å². The molecule has 158 valence electrons. The number of nitrogens with zero attached hydrogens (tertiary/aromatic N) is 2. The van der Waals surface area contributed by atoms with Gasteiger partial charge in [-0.3, -0.25) is 9.69 Å². The minimum Gasteiger partial charge on any atom is -0.455 e. The highest BCUT2D eigenvalue weighted by Gasteiger charge is 2.22. The van der Waals surface area contributed by atoms with Crippen LogP contribution in [0.25, 0.3) is 0 Å². The fourth-order valence-electron chi connectivity index (χ4n) is 3.56. The normalized spacial score (nSPS) is 10.9. The first kappa shape index (κ1) is 22.2. The molecular formula is C23H26N2O3S2. The van der Waals surface area contributed by atoms with Crippen LogP contribution < -0.4 is 4.90 Å². The van der Waals surface area contributed by atoms with E-state index in [1.807, 2.05) is 39.1 Å². The first-order valence-corrected chi connectivity index (χ1v) is 11.5. The first-order valence-electron chi connectivity index (χ1n) is 9.80. The fourth-order valence-corrected chi connectivity index (χ4v) is 5.43. The van der Waals surface area contributed by atoms with Crippen molar-refractivity contribution in [2.45, 2.75) is 54.6 Å².